The van der Waals surface area contributed by atoms with Crippen LogP contribution in [-0.4, -0.2) is 23.5 Å². The molecular weight excluding hydrogens is 266 g/mol. The van der Waals surface area contributed by atoms with Crippen LogP contribution in [0.3, 0.4) is 0 Å². The van der Waals surface area contributed by atoms with Crippen molar-refractivity contribution in [2.24, 2.45) is 0 Å². The van der Waals surface area contributed by atoms with E-state index in [2.05, 4.69) is 15.1 Å². The average molecular weight is 274 g/mol. The number of rotatable bonds is 4. The van der Waals surface area contributed by atoms with E-state index in [4.69, 9.17) is 16.1 Å². The summed E-state index contributed by atoms with van der Waals surface area (Å²) in [6.45, 7) is 0. The highest BCUT2D eigenvalue weighted by molar-refractivity contribution is 7.90. The molecule has 0 spiro atoms. The van der Waals surface area contributed by atoms with Crippen molar-refractivity contribution in [2.75, 3.05) is 0 Å². The lowest BCUT2D eigenvalue weighted by molar-refractivity contribution is 0.385. The third kappa shape index (κ3) is 2.80. The second kappa shape index (κ2) is 4.80. The van der Waals surface area contributed by atoms with E-state index in [-0.39, 0.29) is 28.4 Å². The van der Waals surface area contributed by atoms with E-state index < -0.39 is 9.84 Å². The molecule has 0 radical (unpaired) electrons. The fraction of sp³-hybridized carbons (Fsp3) is 0.222. The van der Waals surface area contributed by atoms with Gasteiger partial charge in [-0.25, -0.2) is 13.4 Å². The smallest absolute Gasteiger partial charge is 0.241 e. The first-order chi connectivity index (χ1) is 8.12. The quantitative estimate of drug-likeness (QED) is 0.778. The number of pyridine rings is 1. The van der Waals surface area contributed by atoms with Gasteiger partial charge in [-0.2, -0.15) is 4.98 Å². The Morgan fingerprint density at radius 2 is 2.18 bits per heavy atom. The zero-order valence-electron chi connectivity index (χ0n) is 8.58. The van der Waals surface area contributed by atoms with Gasteiger partial charge in [0.15, 0.2) is 10.9 Å². The van der Waals surface area contributed by atoms with Gasteiger partial charge >= 0.3 is 0 Å². The molecule has 0 N–H and O–H groups in total. The molecule has 2 aromatic heterocycles. The maximum atomic E-state index is 11.9. The van der Waals surface area contributed by atoms with Crippen LogP contribution >= 0.6 is 11.6 Å². The second-order valence-corrected chi connectivity index (χ2v) is 5.37. The Morgan fingerprint density at radius 3 is 2.76 bits per heavy atom. The SMILES string of the molecule is O=S(=O)(Cc1noc(CCl)n1)c1ccccn1. The standard InChI is InChI=1S/C9H8ClN3O3S/c10-5-8-12-7(13-16-8)6-17(14,15)9-3-1-2-4-11-9/h1-4H,5-6H2. The van der Waals surface area contributed by atoms with Crippen molar-refractivity contribution < 1.29 is 12.9 Å². The van der Waals surface area contributed by atoms with Crippen LogP contribution in [0.5, 0.6) is 0 Å². The van der Waals surface area contributed by atoms with Crippen molar-refractivity contribution in [2.45, 2.75) is 16.7 Å². The lowest BCUT2D eigenvalue weighted by atomic mass is 10.5. The molecule has 0 aliphatic carbocycles. The van der Waals surface area contributed by atoms with Crippen molar-refractivity contribution in [1.82, 2.24) is 15.1 Å². The Hall–Kier alpha value is -1.47. The van der Waals surface area contributed by atoms with Crippen molar-refractivity contribution in [3.63, 3.8) is 0 Å². The predicted octanol–water partition coefficient (Wildman–Crippen LogP) is 1.18. The van der Waals surface area contributed by atoms with E-state index in [1.807, 2.05) is 0 Å². The number of hydrogen-bond acceptors (Lipinski definition) is 6. The van der Waals surface area contributed by atoms with E-state index in [0.717, 1.165) is 0 Å². The van der Waals surface area contributed by atoms with Gasteiger partial charge in [0, 0.05) is 6.20 Å². The fourth-order valence-electron chi connectivity index (χ4n) is 1.18. The Balaban J connectivity index is 2.24. The van der Waals surface area contributed by atoms with Gasteiger partial charge in [0.2, 0.25) is 15.7 Å². The molecular formula is C9H8ClN3O3S. The minimum absolute atomic E-state index is 0.0165. The van der Waals surface area contributed by atoms with Crippen LogP contribution in [0.1, 0.15) is 11.7 Å². The number of alkyl halides is 1. The van der Waals surface area contributed by atoms with Crippen molar-refractivity contribution >= 4 is 21.4 Å². The molecule has 2 heterocycles. The number of halogens is 1. The van der Waals surface area contributed by atoms with Gasteiger partial charge in [-0.15, -0.1) is 11.6 Å². The van der Waals surface area contributed by atoms with Crippen LogP contribution in [0.25, 0.3) is 0 Å². The Morgan fingerprint density at radius 1 is 1.35 bits per heavy atom. The lowest BCUT2D eigenvalue weighted by Gasteiger charge is -1.98. The molecule has 0 saturated carbocycles. The molecule has 2 rings (SSSR count). The summed E-state index contributed by atoms with van der Waals surface area (Å²) in [5.41, 5.74) is 0. The monoisotopic (exact) mass is 273 g/mol. The normalized spacial score (nSPS) is 11.6. The third-order valence-corrected chi connectivity index (χ3v) is 3.65. The number of sulfone groups is 1. The summed E-state index contributed by atoms with van der Waals surface area (Å²) in [5, 5.41) is 3.50. The Bertz CT molecular complexity index is 597. The minimum atomic E-state index is -3.55. The summed E-state index contributed by atoms with van der Waals surface area (Å²) in [6.07, 6.45) is 1.41. The molecule has 0 aliphatic heterocycles. The molecule has 0 saturated heterocycles. The number of aromatic nitrogens is 3. The van der Waals surface area contributed by atoms with Gasteiger partial charge in [-0.3, -0.25) is 0 Å². The van der Waals surface area contributed by atoms with Crippen LogP contribution in [0.4, 0.5) is 0 Å². The average Bonchev–Trinajstić information content (AvgIpc) is 2.77. The number of hydrogen-bond donors (Lipinski definition) is 0. The summed E-state index contributed by atoms with van der Waals surface area (Å²) in [5.74, 6) is -0.0368. The van der Waals surface area contributed by atoms with Crippen LogP contribution in [0, 0.1) is 0 Å². The molecule has 0 aliphatic rings. The molecule has 6 nitrogen and oxygen atoms in total. The zero-order valence-corrected chi connectivity index (χ0v) is 10.1. The molecule has 2 aromatic rings. The van der Waals surface area contributed by atoms with Crippen LogP contribution in [0.15, 0.2) is 33.9 Å². The summed E-state index contributed by atoms with van der Waals surface area (Å²) in [6, 6.07) is 4.65. The topological polar surface area (TPSA) is 86.0 Å². The molecule has 0 bridgehead atoms. The summed E-state index contributed by atoms with van der Waals surface area (Å²) < 4.78 is 28.5. The van der Waals surface area contributed by atoms with Gasteiger partial charge in [0.25, 0.3) is 0 Å². The van der Waals surface area contributed by atoms with Gasteiger partial charge in [-0.1, -0.05) is 11.2 Å². The first-order valence-electron chi connectivity index (χ1n) is 4.63. The van der Waals surface area contributed by atoms with E-state index in [9.17, 15) is 8.42 Å². The van der Waals surface area contributed by atoms with Crippen molar-refractivity contribution in [3.05, 3.63) is 36.1 Å². The largest absolute Gasteiger partial charge is 0.338 e. The molecule has 0 atom stereocenters. The Labute approximate surface area is 103 Å². The maximum absolute atomic E-state index is 11.9. The molecule has 0 fully saturated rings. The summed E-state index contributed by atoms with van der Waals surface area (Å²) in [4.78, 5) is 7.60. The van der Waals surface area contributed by atoms with Gasteiger partial charge in [0.05, 0.1) is 0 Å². The highest BCUT2D eigenvalue weighted by Crippen LogP contribution is 2.12. The summed E-state index contributed by atoms with van der Waals surface area (Å²) in [7, 11) is -3.55. The highest BCUT2D eigenvalue weighted by Gasteiger charge is 2.20. The summed E-state index contributed by atoms with van der Waals surface area (Å²) >= 11 is 5.47. The van der Waals surface area contributed by atoms with Crippen LogP contribution < -0.4 is 0 Å². The number of nitrogens with zero attached hydrogens (tertiary/aromatic N) is 3. The molecule has 8 heteroatoms. The third-order valence-electron chi connectivity index (χ3n) is 1.90. The van der Waals surface area contributed by atoms with Crippen molar-refractivity contribution in [3.8, 4) is 0 Å². The molecule has 0 aromatic carbocycles. The molecule has 17 heavy (non-hydrogen) atoms. The van der Waals surface area contributed by atoms with Gasteiger partial charge < -0.3 is 4.52 Å². The van der Waals surface area contributed by atoms with E-state index in [0.29, 0.717) is 0 Å². The Kier molecular flexibility index (Phi) is 3.39. The first kappa shape index (κ1) is 12.0. The highest BCUT2D eigenvalue weighted by atomic mass is 35.5. The predicted molar refractivity (Wildman–Crippen MR) is 59.0 cm³/mol. The van der Waals surface area contributed by atoms with E-state index in [1.165, 1.54) is 12.3 Å². The van der Waals surface area contributed by atoms with Crippen molar-refractivity contribution in [1.29, 1.82) is 0 Å². The zero-order chi connectivity index (χ0) is 12.3. The van der Waals surface area contributed by atoms with E-state index >= 15 is 0 Å². The van der Waals surface area contributed by atoms with Crippen LogP contribution in [-0.2, 0) is 21.5 Å². The first-order valence-corrected chi connectivity index (χ1v) is 6.82. The van der Waals surface area contributed by atoms with Gasteiger partial charge in [0.1, 0.15) is 11.6 Å². The van der Waals surface area contributed by atoms with Gasteiger partial charge in [-0.05, 0) is 12.1 Å². The van der Waals surface area contributed by atoms with Crippen LogP contribution in [0.2, 0.25) is 0 Å². The minimum Gasteiger partial charge on any atom is -0.338 e. The fourth-order valence-corrected chi connectivity index (χ4v) is 2.40. The molecule has 90 valence electrons. The lowest BCUT2D eigenvalue weighted by Crippen LogP contribution is -2.07. The maximum Gasteiger partial charge on any atom is 0.241 e. The molecule has 0 amide bonds. The molecule has 0 unspecified atom stereocenters. The van der Waals surface area contributed by atoms with E-state index in [1.54, 1.807) is 12.1 Å². The second-order valence-electron chi connectivity index (χ2n) is 3.17.